The standard InChI is InChI=1S/C4H8FN4/c1-6-4-2-3-7-9(5)8-4/h2-3,6-8H,1H3. The van der Waals surface area contributed by atoms with Crippen molar-refractivity contribution in [3.63, 3.8) is 0 Å². The molecular formula is C4H8FN4. The molecule has 0 fully saturated rings. The van der Waals surface area contributed by atoms with E-state index in [9.17, 15) is 4.48 Å². The number of hydrogen-bond acceptors (Lipinski definition) is 4. The molecule has 0 aromatic heterocycles. The number of nitrogens with zero attached hydrogens (tertiary/aromatic N) is 1. The number of hydrazine groups is 2. The molecule has 0 aromatic rings. The van der Waals surface area contributed by atoms with Gasteiger partial charge in [-0.1, -0.05) is 4.48 Å². The zero-order chi connectivity index (χ0) is 6.69. The Morgan fingerprint density at radius 3 is 3.00 bits per heavy atom. The Bertz CT molecular complexity index is 115. The van der Waals surface area contributed by atoms with E-state index < -0.39 is 0 Å². The summed E-state index contributed by atoms with van der Waals surface area (Å²) >= 11 is 0. The predicted octanol–water partition coefficient (Wildman–Crippen LogP) is -0.582. The molecule has 0 atom stereocenters. The smallest absolute Gasteiger partial charge is 0.143 e. The van der Waals surface area contributed by atoms with Crippen molar-refractivity contribution in [3.05, 3.63) is 18.4 Å². The lowest BCUT2D eigenvalue weighted by molar-refractivity contribution is -0.0724. The molecule has 0 aromatic carbocycles. The highest BCUT2D eigenvalue weighted by Crippen LogP contribution is 1.96. The largest absolute Gasteiger partial charge is 0.295 e. The minimum atomic E-state index is 0.256. The van der Waals surface area contributed by atoms with E-state index in [1.165, 1.54) is 6.20 Å². The lowest BCUT2D eigenvalue weighted by Crippen LogP contribution is -2.48. The number of halogens is 1. The van der Waals surface area contributed by atoms with E-state index in [-0.39, 0.29) is 5.34 Å². The molecule has 0 bridgehead atoms. The average molecular weight is 131 g/mol. The Morgan fingerprint density at radius 1 is 1.78 bits per heavy atom. The van der Waals surface area contributed by atoms with Gasteiger partial charge in [-0.05, 0) is 13.1 Å². The molecule has 1 aliphatic heterocycles. The van der Waals surface area contributed by atoms with E-state index in [0.717, 1.165) is 0 Å². The fraction of sp³-hybridized carbons (Fsp3) is 0.250. The Morgan fingerprint density at radius 2 is 2.56 bits per heavy atom. The van der Waals surface area contributed by atoms with Crippen molar-refractivity contribution in [1.82, 2.24) is 21.5 Å². The summed E-state index contributed by atoms with van der Waals surface area (Å²) in [7, 11) is 1.70. The van der Waals surface area contributed by atoms with Gasteiger partial charge in [0.15, 0.2) is 0 Å². The van der Waals surface area contributed by atoms with Crippen LogP contribution in [-0.4, -0.2) is 12.4 Å². The SMILES string of the molecule is CN[C]1C=CNN(F)N1. The van der Waals surface area contributed by atoms with Gasteiger partial charge in [-0.2, -0.15) is 5.43 Å². The molecule has 9 heavy (non-hydrogen) atoms. The summed E-state index contributed by atoms with van der Waals surface area (Å²) in [4.78, 5) is 0. The monoisotopic (exact) mass is 131 g/mol. The zero-order valence-corrected chi connectivity index (χ0v) is 4.98. The Labute approximate surface area is 52.6 Å². The summed E-state index contributed by atoms with van der Waals surface area (Å²) in [5.74, 6) is 0. The van der Waals surface area contributed by atoms with Crippen LogP contribution in [-0.2, 0) is 0 Å². The molecule has 1 rings (SSSR count). The van der Waals surface area contributed by atoms with Crippen LogP contribution in [0.25, 0.3) is 0 Å². The highest BCUT2D eigenvalue weighted by atomic mass is 19.2. The maximum Gasteiger partial charge on any atom is 0.143 e. The van der Waals surface area contributed by atoms with Crippen LogP contribution in [0.15, 0.2) is 12.3 Å². The second kappa shape index (κ2) is 2.77. The van der Waals surface area contributed by atoms with Gasteiger partial charge in [0, 0.05) is 11.5 Å². The molecule has 0 saturated carbocycles. The Balaban J connectivity index is 2.39. The van der Waals surface area contributed by atoms with Gasteiger partial charge in [0.05, 0.1) is 0 Å². The van der Waals surface area contributed by atoms with Gasteiger partial charge in [0.2, 0.25) is 0 Å². The lowest BCUT2D eigenvalue weighted by Gasteiger charge is -2.21. The maximum atomic E-state index is 12.1. The molecule has 3 N–H and O–H groups in total. The number of rotatable bonds is 1. The van der Waals surface area contributed by atoms with E-state index in [4.69, 9.17) is 0 Å². The molecule has 0 aliphatic carbocycles. The summed E-state index contributed by atoms with van der Waals surface area (Å²) in [6.07, 6.45) is 3.76. The summed E-state index contributed by atoms with van der Waals surface area (Å²) in [6, 6.07) is 0. The highest BCUT2D eigenvalue weighted by molar-refractivity contribution is 5.05. The molecule has 1 radical (unpaired) electrons. The second-order valence-corrected chi connectivity index (χ2v) is 1.52. The molecule has 5 heteroatoms. The first kappa shape index (κ1) is 6.47. The third kappa shape index (κ3) is 1.63. The number of likely N-dealkylation sites (N-methyl/N-ethyl adjacent to an activating group) is 1. The quantitative estimate of drug-likeness (QED) is 0.416. The first-order valence-corrected chi connectivity index (χ1v) is 2.53. The van der Waals surface area contributed by atoms with Gasteiger partial charge in [0.25, 0.3) is 0 Å². The first-order valence-electron chi connectivity index (χ1n) is 2.53. The van der Waals surface area contributed by atoms with Crippen LogP contribution in [0.5, 0.6) is 0 Å². The summed E-state index contributed by atoms with van der Waals surface area (Å²) in [5.41, 5.74) is 4.60. The van der Waals surface area contributed by atoms with Gasteiger partial charge in [-0.3, -0.25) is 10.7 Å². The van der Waals surface area contributed by atoms with Crippen molar-refractivity contribution in [3.8, 4) is 0 Å². The van der Waals surface area contributed by atoms with E-state index in [0.29, 0.717) is 6.17 Å². The zero-order valence-electron chi connectivity index (χ0n) is 4.98. The molecule has 0 amide bonds. The summed E-state index contributed by atoms with van der Waals surface area (Å²) in [5, 5.41) is 2.99. The van der Waals surface area contributed by atoms with Crippen LogP contribution >= 0.6 is 0 Å². The van der Waals surface area contributed by atoms with Crippen LogP contribution in [0.1, 0.15) is 0 Å². The molecule has 0 unspecified atom stereocenters. The normalized spacial score (nSPS) is 22.0. The minimum Gasteiger partial charge on any atom is -0.295 e. The Kier molecular flexibility index (Phi) is 1.99. The molecule has 51 valence electrons. The highest BCUT2D eigenvalue weighted by Gasteiger charge is 2.10. The Hall–Kier alpha value is -0.650. The van der Waals surface area contributed by atoms with Crippen molar-refractivity contribution in [2.24, 2.45) is 0 Å². The maximum absolute atomic E-state index is 12.1. The van der Waals surface area contributed by atoms with Crippen molar-refractivity contribution in [1.29, 1.82) is 0 Å². The van der Waals surface area contributed by atoms with Gasteiger partial charge < -0.3 is 0 Å². The van der Waals surface area contributed by atoms with Gasteiger partial charge >= 0.3 is 0 Å². The third-order valence-corrected chi connectivity index (χ3v) is 0.926. The van der Waals surface area contributed by atoms with Gasteiger partial charge in [-0.25, -0.2) is 0 Å². The van der Waals surface area contributed by atoms with Crippen molar-refractivity contribution in [2.75, 3.05) is 7.05 Å². The van der Waals surface area contributed by atoms with E-state index in [1.807, 2.05) is 0 Å². The van der Waals surface area contributed by atoms with Crippen molar-refractivity contribution >= 4 is 0 Å². The molecule has 1 aliphatic rings. The topological polar surface area (TPSA) is 39.3 Å². The number of nitrogens with one attached hydrogen (secondary N) is 3. The van der Waals surface area contributed by atoms with Gasteiger partial charge in [-0.15, -0.1) is 0 Å². The fourth-order valence-electron chi connectivity index (χ4n) is 0.501. The lowest BCUT2D eigenvalue weighted by atomic mass is 10.5. The van der Waals surface area contributed by atoms with E-state index in [2.05, 4.69) is 16.2 Å². The second-order valence-electron chi connectivity index (χ2n) is 1.52. The summed E-state index contributed by atoms with van der Waals surface area (Å²) in [6.45, 7) is 0. The molecular weight excluding hydrogens is 123 g/mol. The fourth-order valence-corrected chi connectivity index (χ4v) is 0.501. The van der Waals surface area contributed by atoms with Crippen LogP contribution in [0.4, 0.5) is 4.48 Å². The summed E-state index contributed by atoms with van der Waals surface area (Å²) < 4.78 is 12.1. The molecule has 4 nitrogen and oxygen atoms in total. The van der Waals surface area contributed by atoms with E-state index in [1.54, 1.807) is 13.1 Å². The molecule has 1 heterocycles. The van der Waals surface area contributed by atoms with E-state index >= 15 is 0 Å². The van der Waals surface area contributed by atoms with Crippen molar-refractivity contribution < 1.29 is 4.48 Å². The van der Waals surface area contributed by atoms with Crippen LogP contribution in [0.2, 0.25) is 0 Å². The van der Waals surface area contributed by atoms with Crippen molar-refractivity contribution in [2.45, 2.75) is 0 Å². The molecule has 0 saturated heterocycles. The van der Waals surface area contributed by atoms with Crippen LogP contribution < -0.4 is 16.2 Å². The molecule has 0 spiro atoms. The third-order valence-electron chi connectivity index (χ3n) is 0.926. The predicted molar refractivity (Wildman–Crippen MR) is 30.7 cm³/mol. The first-order chi connectivity index (χ1) is 4.33. The van der Waals surface area contributed by atoms with Crippen LogP contribution in [0, 0.1) is 6.17 Å². The number of hydrogen-bond donors (Lipinski definition) is 3. The van der Waals surface area contributed by atoms with Crippen LogP contribution in [0.3, 0.4) is 0 Å². The van der Waals surface area contributed by atoms with Gasteiger partial charge in [0.1, 0.15) is 6.17 Å². The minimum absolute atomic E-state index is 0.256. The average Bonchev–Trinajstić information content (AvgIpc) is 1.88.